The maximum absolute atomic E-state index is 5.69. The Labute approximate surface area is 92.3 Å². The van der Waals surface area contributed by atoms with Crippen molar-refractivity contribution >= 4 is 0 Å². The van der Waals surface area contributed by atoms with Gasteiger partial charge in [-0.2, -0.15) is 0 Å². The van der Waals surface area contributed by atoms with Crippen LogP contribution >= 0.6 is 0 Å². The molecular weight excluding hydrogens is 194 g/mol. The summed E-state index contributed by atoms with van der Waals surface area (Å²) >= 11 is 0. The van der Waals surface area contributed by atoms with Gasteiger partial charge in [-0.25, -0.2) is 0 Å². The maximum Gasteiger partial charge on any atom is 0.163 e. The quantitative estimate of drug-likeness (QED) is 0.724. The normalized spacial score (nSPS) is 26.8. The molecule has 4 heteroatoms. The van der Waals surface area contributed by atoms with Crippen LogP contribution in [0, 0.1) is 0 Å². The van der Waals surface area contributed by atoms with E-state index in [-0.39, 0.29) is 6.10 Å². The van der Waals surface area contributed by atoms with Crippen molar-refractivity contribution in [3.8, 4) is 0 Å². The lowest BCUT2D eigenvalue weighted by atomic mass is 10.2. The SMILES string of the molecule is COCCC(C)NCC1COC(C)(C)O1. The van der Waals surface area contributed by atoms with Crippen molar-refractivity contribution in [1.82, 2.24) is 5.32 Å². The molecule has 2 unspecified atom stereocenters. The van der Waals surface area contributed by atoms with Crippen LogP contribution in [0.25, 0.3) is 0 Å². The second-order valence-electron chi connectivity index (χ2n) is 4.54. The number of ether oxygens (including phenoxy) is 3. The summed E-state index contributed by atoms with van der Waals surface area (Å²) in [6.45, 7) is 8.36. The lowest BCUT2D eigenvalue weighted by Gasteiger charge is -2.19. The number of nitrogens with one attached hydrogen (secondary N) is 1. The molecule has 0 amide bonds. The van der Waals surface area contributed by atoms with Crippen molar-refractivity contribution in [1.29, 1.82) is 0 Å². The van der Waals surface area contributed by atoms with E-state index >= 15 is 0 Å². The molecule has 1 heterocycles. The van der Waals surface area contributed by atoms with Crippen molar-refractivity contribution in [2.45, 2.75) is 45.1 Å². The van der Waals surface area contributed by atoms with Crippen LogP contribution in [0.5, 0.6) is 0 Å². The zero-order valence-corrected chi connectivity index (χ0v) is 10.2. The summed E-state index contributed by atoms with van der Waals surface area (Å²) in [5.41, 5.74) is 0. The lowest BCUT2D eigenvalue weighted by molar-refractivity contribution is -0.137. The van der Waals surface area contributed by atoms with Crippen LogP contribution in [0.15, 0.2) is 0 Å². The summed E-state index contributed by atoms with van der Waals surface area (Å²) in [6.07, 6.45) is 1.19. The van der Waals surface area contributed by atoms with Gasteiger partial charge in [-0.05, 0) is 27.2 Å². The molecule has 1 N–H and O–H groups in total. The van der Waals surface area contributed by atoms with E-state index in [4.69, 9.17) is 14.2 Å². The van der Waals surface area contributed by atoms with E-state index in [9.17, 15) is 0 Å². The Morgan fingerprint density at radius 3 is 2.80 bits per heavy atom. The number of hydrogen-bond acceptors (Lipinski definition) is 4. The van der Waals surface area contributed by atoms with Gasteiger partial charge in [-0.1, -0.05) is 0 Å². The van der Waals surface area contributed by atoms with Gasteiger partial charge in [-0.15, -0.1) is 0 Å². The molecular formula is C11H23NO3. The van der Waals surface area contributed by atoms with E-state index in [1.54, 1.807) is 7.11 Å². The first-order valence-electron chi connectivity index (χ1n) is 5.57. The van der Waals surface area contributed by atoms with E-state index in [0.29, 0.717) is 12.6 Å². The molecule has 2 atom stereocenters. The van der Waals surface area contributed by atoms with Crippen LogP contribution in [0.4, 0.5) is 0 Å². The van der Waals surface area contributed by atoms with E-state index in [1.807, 2.05) is 13.8 Å². The largest absolute Gasteiger partial charge is 0.385 e. The van der Waals surface area contributed by atoms with Crippen LogP contribution in [0.1, 0.15) is 27.2 Å². The summed E-state index contributed by atoms with van der Waals surface area (Å²) < 4.78 is 16.2. The van der Waals surface area contributed by atoms with Gasteiger partial charge in [0.1, 0.15) is 0 Å². The smallest absolute Gasteiger partial charge is 0.163 e. The summed E-state index contributed by atoms with van der Waals surface area (Å²) in [4.78, 5) is 0. The highest BCUT2D eigenvalue weighted by Gasteiger charge is 2.32. The standard InChI is InChI=1S/C11H23NO3/c1-9(5-6-13-4)12-7-10-8-14-11(2,3)15-10/h9-10,12H,5-8H2,1-4H3. The molecule has 0 aliphatic carbocycles. The fraction of sp³-hybridized carbons (Fsp3) is 1.00. The third-order valence-electron chi connectivity index (χ3n) is 2.52. The van der Waals surface area contributed by atoms with Gasteiger partial charge >= 0.3 is 0 Å². The van der Waals surface area contributed by atoms with Crippen LogP contribution < -0.4 is 5.32 Å². The Hall–Kier alpha value is -0.160. The van der Waals surface area contributed by atoms with Gasteiger partial charge in [0.15, 0.2) is 5.79 Å². The first kappa shape index (κ1) is 12.9. The van der Waals surface area contributed by atoms with Crippen LogP contribution in [0.2, 0.25) is 0 Å². The highest BCUT2D eigenvalue weighted by atomic mass is 16.7. The average Bonchev–Trinajstić information content (AvgIpc) is 2.52. The van der Waals surface area contributed by atoms with E-state index in [0.717, 1.165) is 19.6 Å². The molecule has 1 aliphatic heterocycles. The van der Waals surface area contributed by atoms with Crippen molar-refractivity contribution in [3.63, 3.8) is 0 Å². The summed E-state index contributed by atoms with van der Waals surface area (Å²) in [7, 11) is 1.73. The third-order valence-corrected chi connectivity index (χ3v) is 2.52. The molecule has 1 rings (SSSR count). The monoisotopic (exact) mass is 217 g/mol. The molecule has 1 saturated heterocycles. The zero-order valence-electron chi connectivity index (χ0n) is 10.2. The van der Waals surface area contributed by atoms with Crippen LogP contribution in [0.3, 0.4) is 0 Å². The molecule has 0 aromatic rings. The van der Waals surface area contributed by atoms with Crippen LogP contribution in [-0.4, -0.2) is 44.8 Å². The number of rotatable bonds is 6. The zero-order chi connectivity index (χ0) is 11.3. The summed E-state index contributed by atoms with van der Waals surface area (Å²) in [5, 5.41) is 3.41. The Bertz CT molecular complexity index is 185. The highest BCUT2D eigenvalue weighted by Crippen LogP contribution is 2.21. The minimum Gasteiger partial charge on any atom is -0.385 e. The average molecular weight is 217 g/mol. The lowest BCUT2D eigenvalue weighted by Crippen LogP contribution is -2.36. The molecule has 0 saturated carbocycles. The fourth-order valence-corrected chi connectivity index (χ4v) is 1.59. The summed E-state index contributed by atoms with van der Waals surface area (Å²) in [6, 6.07) is 0.456. The van der Waals surface area contributed by atoms with Crippen LogP contribution in [-0.2, 0) is 14.2 Å². The predicted octanol–water partition coefficient (Wildman–Crippen LogP) is 1.15. The Morgan fingerprint density at radius 1 is 1.53 bits per heavy atom. The molecule has 0 bridgehead atoms. The Morgan fingerprint density at radius 2 is 2.27 bits per heavy atom. The van der Waals surface area contributed by atoms with E-state index < -0.39 is 5.79 Å². The van der Waals surface area contributed by atoms with E-state index in [2.05, 4.69) is 12.2 Å². The molecule has 0 radical (unpaired) electrons. The summed E-state index contributed by atoms with van der Waals surface area (Å²) in [5.74, 6) is -0.415. The Kier molecular flexibility index (Phi) is 4.99. The van der Waals surface area contributed by atoms with Gasteiger partial charge in [0.2, 0.25) is 0 Å². The molecule has 90 valence electrons. The van der Waals surface area contributed by atoms with Crippen molar-refractivity contribution < 1.29 is 14.2 Å². The molecule has 1 fully saturated rings. The first-order valence-corrected chi connectivity index (χ1v) is 5.57. The molecule has 1 aliphatic rings. The minimum absolute atomic E-state index is 0.171. The van der Waals surface area contributed by atoms with Crippen molar-refractivity contribution in [2.24, 2.45) is 0 Å². The van der Waals surface area contributed by atoms with Gasteiger partial charge in [-0.3, -0.25) is 0 Å². The number of methoxy groups -OCH3 is 1. The second kappa shape index (κ2) is 5.80. The first-order chi connectivity index (χ1) is 7.03. The molecule has 15 heavy (non-hydrogen) atoms. The maximum atomic E-state index is 5.69. The van der Waals surface area contributed by atoms with Crippen molar-refractivity contribution in [2.75, 3.05) is 26.9 Å². The highest BCUT2D eigenvalue weighted by molar-refractivity contribution is 4.74. The topological polar surface area (TPSA) is 39.7 Å². The molecule has 0 aromatic carbocycles. The van der Waals surface area contributed by atoms with Gasteiger partial charge in [0, 0.05) is 26.3 Å². The van der Waals surface area contributed by atoms with Gasteiger partial charge in [0.05, 0.1) is 12.7 Å². The van der Waals surface area contributed by atoms with E-state index in [1.165, 1.54) is 0 Å². The predicted molar refractivity (Wildman–Crippen MR) is 58.9 cm³/mol. The van der Waals surface area contributed by atoms with Gasteiger partial charge in [0.25, 0.3) is 0 Å². The molecule has 0 aromatic heterocycles. The van der Waals surface area contributed by atoms with Crippen molar-refractivity contribution in [3.05, 3.63) is 0 Å². The van der Waals surface area contributed by atoms with Gasteiger partial charge < -0.3 is 19.5 Å². The number of hydrogen-bond donors (Lipinski definition) is 1. The Balaban J connectivity index is 2.10. The second-order valence-corrected chi connectivity index (χ2v) is 4.54. The third kappa shape index (κ3) is 4.93. The molecule has 0 spiro atoms. The fourth-order valence-electron chi connectivity index (χ4n) is 1.59. The molecule has 4 nitrogen and oxygen atoms in total. The minimum atomic E-state index is -0.415.